The number of aromatic nitrogens is 2. The van der Waals surface area contributed by atoms with Gasteiger partial charge >= 0.3 is 5.97 Å². The number of aryl methyl sites for hydroxylation is 1. The molecule has 2 aromatic carbocycles. The summed E-state index contributed by atoms with van der Waals surface area (Å²) in [5.41, 5.74) is 2.04. The number of benzene rings is 2. The first kappa shape index (κ1) is 19.2. The van der Waals surface area contributed by atoms with Crippen LogP contribution in [0.3, 0.4) is 0 Å². The number of rotatable bonds is 4. The van der Waals surface area contributed by atoms with Crippen molar-refractivity contribution >= 4 is 21.7 Å². The Morgan fingerprint density at radius 3 is 2.43 bits per heavy atom. The van der Waals surface area contributed by atoms with Crippen LogP contribution in [0, 0.1) is 11.8 Å². The predicted molar refractivity (Wildman–Crippen MR) is 104 cm³/mol. The monoisotopic (exact) mass is 395 g/mol. The summed E-state index contributed by atoms with van der Waals surface area (Å²) in [5, 5.41) is -0.0638. The van der Waals surface area contributed by atoms with Crippen molar-refractivity contribution in [3.05, 3.63) is 77.7 Å². The SMILES string of the molecule is COC(=O)c1cccc(C#Cc2cccc(NS(=O)(=O)c3cn(C)cn3)c2)c1. The maximum Gasteiger partial charge on any atom is 0.337 e. The van der Waals surface area contributed by atoms with Gasteiger partial charge in [-0.05, 0) is 36.4 Å². The minimum atomic E-state index is -3.78. The highest BCUT2D eigenvalue weighted by molar-refractivity contribution is 7.92. The molecule has 0 aliphatic heterocycles. The Balaban J connectivity index is 1.82. The fourth-order valence-electron chi connectivity index (χ4n) is 2.38. The summed E-state index contributed by atoms with van der Waals surface area (Å²) in [4.78, 5) is 15.5. The molecule has 1 heterocycles. The number of imidazole rings is 1. The molecule has 1 N–H and O–H groups in total. The molecule has 0 bridgehead atoms. The molecule has 0 atom stereocenters. The summed E-state index contributed by atoms with van der Waals surface area (Å²) in [5.74, 6) is 5.48. The Bertz CT molecular complexity index is 1190. The average molecular weight is 395 g/mol. The largest absolute Gasteiger partial charge is 0.465 e. The van der Waals surface area contributed by atoms with E-state index in [4.69, 9.17) is 4.74 Å². The Morgan fingerprint density at radius 2 is 1.79 bits per heavy atom. The lowest BCUT2D eigenvalue weighted by Gasteiger charge is -2.05. The van der Waals surface area contributed by atoms with E-state index in [1.807, 2.05) is 0 Å². The topological polar surface area (TPSA) is 90.3 Å². The number of nitrogens with one attached hydrogen (secondary N) is 1. The van der Waals surface area contributed by atoms with Gasteiger partial charge in [-0.25, -0.2) is 9.78 Å². The molecule has 0 saturated carbocycles. The first-order valence-electron chi connectivity index (χ1n) is 8.18. The third-order valence-electron chi connectivity index (χ3n) is 3.71. The number of anilines is 1. The van der Waals surface area contributed by atoms with E-state index in [-0.39, 0.29) is 5.03 Å². The zero-order chi connectivity index (χ0) is 20.1. The Morgan fingerprint density at radius 1 is 1.11 bits per heavy atom. The normalized spacial score (nSPS) is 10.6. The molecule has 0 fully saturated rings. The van der Waals surface area contributed by atoms with Crippen molar-refractivity contribution in [2.45, 2.75) is 5.03 Å². The van der Waals surface area contributed by atoms with E-state index in [2.05, 4.69) is 21.5 Å². The molecular weight excluding hydrogens is 378 g/mol. The van der Waals surface area contributed by atoms with E-state index in [1.165, 1.54) is 19.6 Å². The molecule has 3 rings (SSSR count). The molecule has 0 amide bonds. The summed E-state index contributed by atoms with van der Waals surface area (Å²) in [6, 6.07) is 13.5. The van der Waals surface area contributed by atoms with Crippen LogP contribution in [0.15, 0.2) is 66.1 Å². The highest BCUT2D eigenvalue weighted by Crippen LogP contribution is 2.16. The zero-order valence-electron chi connectivity index (χ0n) is 15.2. The van der Waals surface area contributed by atoms with E-state index in [0.717, 1.165) is 0 Å². The summed E-state index contributed by atoms with van der Waals surface area (Å²) < 4.78 is 33.5. The van der Waals surface area contributed by atoms with Gasteiger partial charge in [-0.1, -0.05) is 24.0 Å². The van der Waals surface area contributed by atoms with Crippen molar-refractivity contribution in [1.29, 1.82) is 0 Å². The van der Waals surface area contributed by atoms with Crippen molar-refractivity contribution in [2.24, 2.45) is 7.05 Å². The number of methoxy groups -OCH3 is 1. The van der Waals surface area contributed by atoms with Gasteiger partial charge in [0, 0.05) is 24.4 Å². The number of esters is 1. The molecule has 0 aliphatic rings. The van der Waals surface area contributed by atoms with Gasteiger partial charge < -0.3 is 9.30 Å². The van der Waals surface area contributed by atoms with Crippen LogP contribution in [0.1, 0.15) is 21.5 Å². The van der Waals surface area contributed by atoms with Crippen molar-refractivity contribution < 1.29 is 17.9 Å². The van der Waals surface area contributed by atoms with Crippen LogP contribution in [-0.2, 0) is 21.8 Å². The summed E-state index contributed by atoms with van der Waals surface area (Å²) in [6.45, 7) is 0. The van der Waals surface area contributed by atoms with E-state index >= 15 is 0 Å². The number of hydrogen-bond acceptors (Lipinski definition) is 5. The van der Waals surface area contributed by atoms with E-state index in [1.54, 1.807) is 60.1 Å². The molecule has 0 spiro atoms. The van der Waals surface area contributed by atoms with Crippen LogP contribution in [0.25, 0.3) is 0 Å². The zero-order valence-corrected chi connectivity index (χ0v) is 16.0. The Labute approximate surface area is 163 Å². The van der Waals surface area contributed by atoms with E-state index in [9.17, 15) is 13.2 Å². The van der Waals surface area contributed by atoms with Gasteiger partial charge in [-0.15, -0.1) is 0 Å². The van der Waals surface area contributed by atoms with Crippen LogP contribution in [0.4, 0.5) is 5.69 Å². The molecule has 142 valence electrons. The predicted octanol–water partition coefficient (Wildman–Crippen LogP) is 2.41. The average Bonchev–Trinajstić information content (AvgIpc) is 3.13. The van der Waals surface area contributed by atoms with Crippen molar-refractivity contribution in [1.82, 2.24) is 9.55 Å². The molecule has 1 aromatic heterocycles. The number of hydrogen-bond donors (Lipinski definition) is 1. The maximum atomic E-state index is 12.4. The lowest BCUT2D eigenvalue weighted by atomic mass is 10.1. The fraction of sp³-hybridized carbons (Fsp3) is 0.100. The summed E-state index contributed by atoms with van der Waals surface area (Å²) in [7, 11) is -0.766. The number of carbonyl (C=O) groups excluding carboxylic acids is 1. The number of nitrogens with zero attached hydrogens (tertiary/aromatic N) is 2. The molecular formula is C20H17N3O4S. The fourth-order valence-corrected chi connectivity index (χ4v) is 3.41. The van der Waals surface area contributed by atoms with Crippen LogP contribution >= 0.6 is 0 Å². The number of ether oxygens (including phenoxy) is 1. The summed E-state index contributed by atoms with van der Waals surface area (Å²) in [6.07, 6.45) is 2.83. The first-order valence-corrected chi connectivity index (χ1v) is 9.67. The van der Waals surface area contributed by atoms with Crippen LogP contribution in [0.5, 0.6) is 0 Å². The first-order chi connectivity index (χ1) is 13.4. The Kier molecular flexibility index (Phi) is 5.47. The molecule has 0 radical (unpaired) electrons. The minimum Gasteiger partial charge on any atom is -0.465 e. The molecule has 0 saturated heterocycles. The van der Waals surface area contributed by atoms with Gasteiger partial charge in [0.2, 0.25) is 0 Å². The second kappa shape index (κ2) is 7.98. The number of sulfonamides is 1. The standard InChI is InChI=1S/C20H17N3O4S/c1-23-13-19(21-14-23)28(25,26)22-18-8-4-6-16(12-18)10-9-15-5-3-7-17(11-15)20(24)27-2/h3-8,11-14,22H,1-2H3. The molecule has 7 nitrogen and oxygen atoms in total. The third kappa shape index (κ3) is 4.58. The minimum absolute atomic E-state index is 0.0638. The quantitative estimate of drug-likeness (QED) is 0.541. The lowest BCUT2D eigenvalue weighted by molar-refractivity contribution is 0.0600. The highest BCUT2D eigenvalue weighted by atomic mass is 32.2. The molecule has 28 heavy (non-hydrogen) atoms. The van der Waals surface area contributed by atoms with E-state index in [0.29, 0.717) is 22.4 Å². The maximum absolute atomic E-state index is 12.4. The van der Waals surface area contributed by atoms with Gasteiger partial charge in [0.15, 0.2) is 5.03 Å². The van der Waals surface area contributed by atoms with Crippen molar-refractivity contribution in [3.8, 4) is 11.8 Å². The van der Waals surface area contributed by atoms with Gasteiger partial charge in [-0.3, -0.25) is 4.72 Å². The van der Waals surface area contributed by atoms with Gasteiger partial charge in [-0.2, -0.15) is 8.42 Å². The van der Waals surface area contributed by atoms with Gasteiger partial charge in [0.05, 0.1) is 24.7 Å². The van der Waals surface area contributed by atoms with Crippen molar-refractivity contribution in [2.75, 3.05) is 11.8 Å². The van der Waals surface area contributed by atoms with Crippen molar-refractivity contribution in [3.63, 3.8) is 0 Å². The molecule has 0 aliphatic carbocycles. The molecule has 8 heteroatoms. The second-order valence-electron chi connectivity index (χ2n) is 5.89. The highest BCUT2D eigenvalue weighted by Gasteiger charge is 2.17. The van der Waals surface area contributed by atoms with Gasteiger partial charge in [0.25, 0.3) is 10.0 Å². The third-order valence-corrected chi connectivity index (χ3v) is 4.97. The second-order valence-corrected chi connectivity index (χ2v) is 7.52. The van der Waals surface area contributed by atoms with Crippen LogP contribution in [0.2, 0.25) is 0 Å². The lowest BCUT2D eigenvalue weighted by Crippen LogP contribution is -2.13. The van der Waals surface area contributed by atoms with E-state index < -0.39 is 16.0 Å². The Hall–Kier alpha value is -3.57. The molecule has 3 aromatic rings. The summed E-state index contributed by atoms with van der Waals surface area (Å²) >= 11 is 0. The van der Waals surface area contributed by atoms with Crippen LogP contribution < -0.4 is 4.72 Å². The molecule has 0 unspecified atom stereocenters. The number of carbonyl (C=O) groups is 1. The smallest absolute Gasteiger partial charge is 0.337 e. The van der Waals surface area contributed by atoms with Gasteiger partial charge in [0.1, 0.15) is 0 Å². The van der Waals surface area contributed by atoms with Crippen LogP contribution in [-0.4, -0.2) is 31.0 Å².